The number of thiophene rings is 1. The SMILES string of the molecule is c1cc(-c2cccc3ccccc23)c(-c2ccc(N(c3ccc(C4CCCCC4)cc3)c3ccc4c(c3)sc3ccccc34)cc2)c(-c2cccc3ccccc23)c1. The van der Waals surface area contributed by atoms with E-state index in [0.717, 1.165) is 5.69 Å². The number of hydrogen-bond donors (Lipinski definition) is 0. The molecule has 278 valence electrons. The lowest BCUT2D eigenvalue weighted by Gasteiger charge is -2.27. The van der Waals surface area contributed by atoms with Gasteiger partial charge in [-0.25, -0.2) is 0 Å². The topological polar surface area (TPSA) is 3.24 Å². The van der Waals surface area contributed by atoms with E-state index in [0.29, 0.717) is 5.92 Å². The van der Waals surface area contributed by atoms with Crippen LogP contribution in [0.4, 0.5) is 17.1 Å². The second-order valence-corrected chi connectivity index (χ2v) is 17.0. The third kappa shape index (κ3) is 6.16. The van der Waals surface area contributed by atoms with Gasteiger partial charge in [0.15, 0.2) is 0 Å². The molecule has 0 amide bonds. The summed E-state index contributed by atoms with van der Waals surface area (Å²) < 4.78 is 2.64. The van der Waals surface area contributed by atoms with Crippen molar-refractivity contribution in [2.45, 2.75) is 38.0 Å². The maximum absolute atomic E-state index is 2.44. The summed E-state index contributed by atoms with van der Waals surface area (Å²) in [7, 11) is 0. The van der Waals surface area contributed by atoms with Crippen molar-refractivity contribution >= 4 is 70.1 Å². The van der Waals surface area contributed by atoms with Crippen LogP contribution in [0.1, 0.15) is 43.6 Å². The summed E-state index contributed by atoms with van der Waals surface area (Å²) >= 11 is 1.88. The molecule has 11 rings (SSSR count). The smallest absolute Gasteiger partial charge is 0.0476 e. The minimum Gasteiger partial charge on any atom is -0.310 e. The van der Waals surface area contributed by atoms with E-state index in [2.05, 4.69) is 199 Å². The number of rotatable bonds is 7. The van der Waals surface area contributed by atoms with Gasteiger partial charge < -0.3 is 4.90 Å². The molecule has 1 aliphatic rings. The van der Waals surface area contributed by atoms with Gasteiger partial charge in [0, 0.05) is 37.2 Å². The molecule has 0 radical (unpaired) electrons. The first-order chi connectivity index (χ1) is 28.8. The highest BCUT2D eigenvalue weighted by atomic mass is 32.1. The van der Waals surface area contributed by atoms with Gasteiger partial charge >= 0.3 is 0 Å². The Bertz CT molecular complexity index is 2980. The van der Waals surface area contributed by atoms with Crippen LogP contribution in [0.5, 0.6) is 0 Å². The number of nitrogens with zero attached hydrogens (tertiary/aromatic N) is 1. The summed E-state index contributed by atoms with van der Waals surface area (Å²) in [5, 5.41) is 7.66. The Kier molecular flexibility index (Phi) is 8.86. The van der Waals surface area contributed by atoms with Crippen molar-refractivity contribution in [1.29, 1.82) is 0 Å². The fourth-order valence-electron chi connectivity index (χ4n) is 9.64. The van der Waals surface area contributed by atoms with E-state index in [9.17, 15) is 0 Å². The quantitative estimate of drug-likeness (QED) is 0.156. The van der Waals surface area contributed by atoms with Gasteiger partial charge in [0.25, 0.3) is 0 Å². The first kappa shape index (κ1) is 34.7. The van der Waals surface area contributed by atoms with Gasteiger partial charge in [-0.3, -0.25) is 0 Å². The lowest BCUT2D eigenvalue weighted by atomic mass is 9.84. The van der Waals surface area contributed by atoms with Crippen LogP contribution in [-0.2, 0) is 0 Å². The van der Waals surface area contributed by atoms with Crippen molar-refractivity contribution in [1.82, 2.24) is 0 Å². The maximum atomic E-state index is 2.44. The molecule has 10 aromatic rings. The molecular weight excluding hydrogens is 719 g/mol. The zero-order valence-corrected chi connectivity index (χ0v) is 33.3. The molecule has 9 aromatic carbocycles. The van der Waals surface area contributed by atoms with Gasteiger partial charge in [0.05, 0.1) is 0 Å². The van der Waals surface area contributed by atoms with Crippen molar-refractivity contribution in [3.63, 3.8) is 0 Å². The molecule has 58 heavy (non-hydrogen) atoms. The second kappa shape index (κ2) is 14.8. The zero-order valence-electron chi connectivity index (χ0n) is 32.4. The van der Waals surface area contributed by atoms with E-state index in [4.69, 9.17) is 0 Å². The van der Waals surface area contributed by atoms with Crippen LogP contribution in [0, 0.1) is 0 Å². The molecule has 1 fully saturated rings. The van der Waals surface area contributed by atoms with Crippen molar-refractivity contribution in [2.75, 3.05) is 4.90 Å². The zero-order chi connectivity index (χ0) is 38.4. The minimum atomic E-state index is 0.670. The lowest BCUT2D eigenvalue weighted by Crippen LogP contribution is -2.10. The van der Waals surface area contributed by atoms with Crippen LogP contribution >= 0.6 is 11.3 Å². The lowest BCUT2D eigenvalue weighted by molar-refractivity contribution is 0.443. The standard InChI is InChI=1S/C56H43NS/c1-2-13-38(14-3-1)39-27-31-43(32-28-39)57(45-35-36-51-50-21-8-9-26-54(50)58-55(51)37-45)44-33-29-42(30-34-44)56-52(48-22-10-17-40-15-4-6-19-46(40)48)24-12-25-53(56)49-23-11-18-41-16-5-7-20-47(41)49/h4-12,15-38H,1-3,13-14H2. The van der Waals surface area contributed by atoms with E-state index >= 15 is 0 Å². The Morgan fingerprint density at radius 2 is 0.879 bits per heavy atom. The maximum Gasteiger partial charge on any atom is 0.0476 e. The van der Waals surface area contributed by atoms with Gasteiger partial charge in [0.2, 0.25) is 0 Å². The molecule has 0 bridgehead atoms. The number of benzene rings is 9. The second-order valence-electron chi connectivity index (χ2n) is 15.9. The van der Waals surface area contributed by atoms with Crippen LogP contribution in [-0.4, -0.2) is 0 Å². The Balaban J connectivity index is 1.08. The van der Waals surface area contributed by atoms with Crippen molar-refractivity contribution in [3.05, 3.63) is 200 Å². The molecule has 0 unspecified atom stereocenters. The average Bonchev–Trinajstić information content (AvgIpc) is 3.67. The number of hydrogen-bond acceptors (Lipinski definition) is 2. The molecule has 0 saturated heterocycles. The molecule has 0 N–H and O–H groups in total. The van der Waals surface area contributed by atoms with Gasteiger partial charge in [0.1, 0.15) is 0 Å². The third-order valence-corrected chi connectivity index (χ3v) is 13.6. The molecule has 1 aromatic heterocycles. The van der Waals surface area contributed by atoms with E-state index in [1.54, 1.807) is 0 Å². The van der Waals surface area contributed by atoms with Crippen molar-refractivity contribution < 1.29 is 0 Å². The van der Waals surface area contributed by atoms with E-state index in [1.165, 1.54) is 124 Å². The molecule has 2 heteroatoms. The Labute approximate surface area is 344 Å². The van der Waals surface area contributed by atoms with Crippen LogP contribution in [0.15, 0.2) is 194 Å². The number of fused-ring (bicyclic) bond motifs is 5. The van der Waals surface area contributed by atoms with E-state index in [1.807, 2.05) is 11.3 Å². The largest absolute Gasteiger partial charge is 0.310 e. The van der Waals surface area contributed by atoms with Gasteiger partial charge in [-0.15, -0.1) is 11.3 Å². The molecule has 1 nitrogen and oxygen atoms in total. The Morgan fingerprint density at radius 1 is 0.379 bits per heavy atom. The first-order valence-electron chi connectivity index (χ1n) is 20.8. The van der Waals surface area contributed by atoms with Gasteiger partial charge in [-0.2, -0.15) is 0 Å². The first-order valence-corrected chi connectivity index (χ1v) is 21.6. The fraction of sp³-hybridized carbons (Fsp3) is 0.107. The van der Waals surface area contributed by atoms with Gasteiger partial charge in [-0.1, -0.05) is 171 Å². The van der Waals surface area contributed by atoms with E-state index < -0.39 is 0 Å². The molecular formula is C56H43NS. The van der Waals surface area contributed by atoms with Gasteiger partial charge in [-0.05, 0) is 122 Å². The fourth-order valence-corrected chi connectivity index (χ4v) is 10.8. The summed E-state index contributed by atoms with van der Waals surface area (Å²) in [5.74, 6) is 0.670. The van der Waals surface area contributed by atoms with Crippen molar-refractivity contribution in [3.8, 4) is 33.4 Å². The molecule has 1 aliphatic carbocycles. The highest BCUT2D eigenvalue weighted by Gasteiger charge is 2.21. The highest BCUT2D eigenvalue weighted by molar-refractivity contribution is 7.25. The highest BCUT2D eigenvalue weighted by Crippen LogP contribution is 2.46. The predicted octanol–water partition coefficient (Wildman–Crippen LogP) is 16.9. The average molecular weight is 762 g/mol. The Morgan fingerprint density at radius 3 is 1.53 bits per heavy atom. The summed E-state index contributed by atoms with van der Waals surface area (Å²) in [6.45, 7) is 0. The summed E-state index contributed by atoms with van der Waals surface area (Å²) in [5.41, 5.74) is 12.4. The van der Waals surface area contributed by atoms with E-state index in [-0.39, 0.29) is 0 Å². The van der Waals surface area contributed by atoms with Crippen molar-refractivity contribution in [2.24, 2.45) is 0 Å². The van der Waals surface area contributed by atoms with Crippen LogP contribution in [0.3, 0.4) is 0 Å². The molecule has 0 atom stereocenters. The summed E-state index contributed by atoms with van der Waals surface area (Å²) in [6.07, 6.45) is 6.65. The Hall–Kier alpha value is -6.48. The molecule has 1 heterocycles. The predicted molar refractivity (Wildman–Crippen MR) is 251 cm³/mol. The van der Waals surface area contributed by atoms with Crippen LogP contribution in [0.2, 0.25) is 0 Å². The summed E-state index contributed by atoms with van der Waals surface area (Å²) in [4.78, 5) is 2.44. The normalized spacial score (nSPS) is 13.4. The molecule has 0 aliphatic heterocycles. The van der Waals surface area contributed by atoms with Crippen LogP contribution < -0.4 is 4.90 Å². The third-order valence-electron chi connectivity index (χ3n) is 12.5. The summed E-state index contributed by atoms with van der Waals surface area (Å²) in [6, 6.07) is 72.3. The molecule has 0 spiro atoms. The monoisotopic (exact) mass is 761 g/mol. The minimum absolute atomic E-state index is 0.670. The molecule has 1 saturated carbocycles. The number of anilines is 3. The van der Waals surface area contributed by atoms with Crippen LogP contribution in [0.25, 0.3) is 75.1 Å².